The molecule has 0 saturated carbocycles. The predicted octanol–water partition coefficient (Wildman–Crippen LogP) is 0.348. The van der Waals surface area contributed by atoms with E-state index in [1.54, 1.807) is 0 Å². The van der Waals surface area contributed by atoms with Crippen molar-refractivity contribution >= 4 is 0 Å². The lowest BCUT2D eigenvalue weighted by molar-refractivity contribution is -0.477. The van der Waals surface area contributed by atoms with Gasteiger partial charge in [-0.05, 0) is 6.42 Å². The van der Waals surface area contributed by atoms with Crippen molar-refractivity contribution in [3.8, 4) is 0 Å². The minimum Gasteiger partial charge on any atom is -0.375 e. The van der Waals surface area contributed by atoms with Crippen LogP contribution in [0.2, 0.25) is 0 Å². The number of alkyl halides is 1. The summed E-state index contributed by atoms with van der Waals surface area (Å²) in [7, 11) is 0. The topological polar surface area (TPSA) is 46.2 Å². The summed E-state index contributed by atoms with van der Waals surface area (Å²) in [4.78, 5) is 9.64. The van der Waals surface area contributed by atoms with Crippen LogP contribution in [0.3, 0.4) is 0 Å². The molecular weight excluding hydrogens is 195 g/mol. The third-order valence-corrected chi connectivity index (χ3v) is 2.99. The van der Waals surface area contributed by atoms with Crippen LogP contribution in [0.1, 0.15) is 6.42 Å². The van der Waals surface area contributed by atoms with E-state index < -0.39 is 19.1 Å². The normalized spacial score (nSPS) is 51.6. The summed E-state index contributed by atoms with van der Waals surface area (Å²) in [6.45, 7) is 0.0372. The second kappa shape index (κ2) is 3.39. The van der Waals surface area contributed by atoms with E-state index in [4.69, 9.17) is 19.2 Å². The highest BCUT2D eigenvalue weighted by Gasteiger charge is 2.53. The van der Waals surface area contributed by atoms with Crippen LogP contribution in [-0.2, 0) is 24.3 Å². The maximum absolute atomic E-state index is 12.6. The lowest BCUT2D eigenvalue weighted by Crippen LogP contribution is -2.51. The zero-order chi connectivity index (χ0) is 9.54. The fourth-order valence-electron chi connectivity index (χ4n) is 2.32. The summed E-state index contributed by atoms with van der Waals surface area (Å²) in [5.41, 5.74) is 0. The van der Waals surface area contributed by atoms with Crippen molar-refractivity contribution in [2.24, 2.45) is 5.92 Å². The summed E-state index contributed by atoms with van der Waals surface area (Å²) in [6.07, 6.45) is -0.858. The minimum absolute atomic E-state index is 0.108. The van der Waals surface area contributed by atoms with Gasteiger partial charge in [-0.3, -0.25) is 0 Å². The summed E-state index contributed by atoms with van der Waals surface area (Å²) in [5.74, 6) is 0.108. The Kier molecular flexibility index (Phi) is 2.18. The van der Waals surface area contributed by atoms with Gasteiger partial charge >= 0.3 is 0 Å². The molecule has 0 N–H and O–H groups in total. The molecular formula is C8H11FO5. The molecule has 0 spiro atoms. The Hall–Kier alpha value is -0.270. The van der Waals surface area contributed by atoms with E-state index in [9.17, 15) is 4.39 Å². The summed E-state index contributed by atoms with van der Waals surface area (Å²) < 4.78 is 23.3. The highest BCUT2D eigenvalue weighted by molar-refractivity contribution is 4.93. The second-order valence-electron chi connectivity index (χ2n) is 3.71. The van der Waals surface area contributed by atoms with Gasteiger partial charge in [0, 0.05) is 12.5 Å². The van der Waals surface area contributed by atoms with Crippen molar-refractivity contribution in [1.82, 2.24) is 0 Å². The lowest BCUT2D eigenvalue weighted by atomic mass is 9.89. The second-order valence-corrected chi connectivity index (χ2v) is 3.71. The summed E-state index contributed by atoms with van der Waals surface area (Å²) in [5, 5.41) is 4.39. The molecule has 3 fully saturated rings. The molecule has 0 unspecified atom stereocenters. The number of halogens is 1. The molecule has 3 aliphatic rings. The van der Waals surface area contributed by atoms with Gasteiger partial charge in [0.1, 0.15) is 12.8 Å². The number of hydrogen-bond acceptors (Lipinski definition) is 5. The van der Waals surface area contributed by atoms with Crippen LogP contribution >= 0.6 is 0 Å². The van der Waals surface area contributed by atoms with Gasteiger partial charge in [0.2, 0.25) is 6.29 Å². The zero-order valence-electron chi connectivity index (χ0n) is 7.43. The molecule has 3 aliphatic heterocycles. The maximum atomic E-state index is 12.6. The van der Waals surface area contributed by atoms with E-state index >= 15 is 0 Å². The highest BCUT2D eigenvalue weighted by atomic mass is 19.1. The van der Waals surface area contributed by atoms with Crippen molar-refractivity contribution in [3.63, 3.8) is 0 Å². The van der Waals surface area contributed by atoms with E-state index in [1.165, 1.54) is 0 Å². The molecule has 3 saturated heterocycles. The molecule has 0 amide bonds. The van der Waals surface area contributed by atoms with Crippen molar-refractivity contribution in [2.45, 2.75) is 31.0 Å². The average Bonchev–Trinajstić information content (AvgIpc) is 2.83. The van der Waals surface area contributed by atoms with Crippen LogP contribution in [0.15, 0.2) is 0 Å². The SMILES string of the molecule is FC[C@H]1O[C@@H]2OOO[C@@H]2[C@H]2CCO[C@H]21. The average molecular weight is 206 g/mol. The van der Waals surface area contributed by atoms with E-state index in [-0.39, 0.29) is 18.1 Å². The molecule has 0 aliphatic carbocycles. The van der Waals surface area contributed by atoms with Gasteiger partial charge in [-0.15, -0.1) is 0 Å². The van der Waals surface area contributed by atoms with Gasteiger partial charge in [0.05, 0.1) is 6.10 Å². The van der Waals surface area contributed by atoms with Gasteiger partial charge in [0.25, 0.3) is 0 Å². The van der Waals surface area contributed by atoms with Crippen molar-refractivity contribution in [2.75, 3.05) is 13.3 Å². The minimum atomic E-state index is -0.612. The van der Waals surface area contributed by atoms with Crippen LogP contribution in [0.4, 0.5) is 4.39 Å². The standard InChI is InChI=1S/C8H11FO5/c9-3-5-6-4(1-2-10-6)7-8(11-5)13-14-12-7/h4-8H,1-3H2/t4-,5+,6+,7+,8+/m0/s1. The summed E-state index contributed by atoms with van der Waals surface area (Å²) in [6, 6.07) is 0. The first-order valence-corrected chi connectivity index (χ1v) is 4.72. The fraction of sp³-hybridized carbons (Fsp3) is 1.00. The van der Waals surface area contributed by atoms with Crippen LogP contribution in [0.5, 0.6) is 0 Å². The van der Waals surface area contributed by atoms with E-state index in [1.807, 2.05) is 0 Å². The highest BCUT2D eigenvalue weighted by Crippen LogP contribution is 2.39. The number of ether oxygens (including phenoxy) is 2. The summed E-state index contributed by atoms with van der Waals surface area (Å²) >= 11 is 0. The van der Waals surface area contributed by atoms with Gasteiger partial charge < -0.3 is 9.47 Å². The van der Waals surface area contributed by atoms with E-state index in [2.05, 4.69) is 5.04 Å². The Balaban J connectivity index is 1.82. The molecule has 0 aromatic carbocycles. The molecule has 0 aromatic rings. The number of fused-ring (bicyclic) bond motifs is 3. The predicted molar refractivity (Wildman–Crippen MR) is 39.5 cm³/mol. The van der Waals surface area contributed by atoms with Crippen LogP contribution in [0, 0.1) is 5.92 Å². The van der Waals surface area contributed by atoms with Gasteiger partial charge in [-0.1, -0.05) is 5.04 Å². The van der Waals surface area contributed by atoms with Crippen molar-refractivity contribution in [3.05, 3.63) is 0 Å². The monoisotopic (exact) mass is 206 g/mol. The van der Waals surface area contributed by atoms with Crippen LogP contribution in [0.25, 0.3) is 0 Å². The van der Waals surface area contributed by atoms with Gasteiger partial charge in [-0.2, -0.15) is 9.78 Å². The number of hydrogen-bond donors (Lipinski definition) is 0. The fourth-order valence-corrected chi connectivity index (χ4v) is 2.32. The molecule has 0 radical (unpaired) electrons. The lowest BCUT2D eigenvalue weighted by Gasteiger charge is -2.35. The van der Waals surface area contributed by atoms with Crippen molar-refractivity contribution in [1.29, 1.82) is 0 Å². The van der Waals surface area contributed by atoms with E-state index in [0.29, 0.717) is 6.61 Å². The Morgan fingerprint density at radius 1 is 1.21 bits per heavy atom. The molecule has 6 heteroatoms. The third kappa shape index (κ3) is 1.19. The molecule has 14 heavy (non-hydrogen) atoms. The number of rotatable bonds is 1. The van der Waals surface area contributed by atoms with Gasteiger partial charge in [-0.25, -0.2) is 4.39 Å². The first-order valence-electron chi connectivity index (χ1n) is 4.72. The molecule has 3 rings (SSSR count). The Bertz CT molecular complexity index is 226. The first kappa shape index (κ1) is 8.99. The zero-order valence-corrected chi connectivity index (χ0v) is 7.43. The van der Waals surface area contributed by atoms with Crippen LogP contribution in [-0.4, -0.2) is 37.9 Å². The molecule has 0 bridgehead atoms. The smallest absolute Gasteiger partial charge is 0.225 e. The quantitative estimate of drug-likeness (QED) is 0.579. The largest absolute Gasteiger partial charge is 0.375 e. The Labute approximate surface area is 79.9 Å². The molecule has 5 nitrogen and oxygen atoms in total. The molecule has 0 aromatic heterocycles. The Morgan fingerprint density at radius 2 is 2.14 bits per heavy atom. The third-order valence-electron chi connectivity index (χ3n) is 2.99. The maximum Gasteiger partial charge on any atom is 0.225 e. The first-order chi connectivity index (χ1) is 6.90. The molecule has 3 heterocycles. The van der Waals surface area contributed by atoms with Gasteiger partial charge in [0.15, 0.2) is 6.10 Å². The van der Waals surface area contributed by atoms with Crippen LogP contribution < -0.4 is 0 Å². The van der Waals surface area contributed by atoms with Crippen molar-refractivity contribution < 1.29 is 28.7 Å². The molecule has 5 atom stereocenters. The Morgan fingerprint density at radius 3 is 3.00 bits per heavy atom. The molecule has 80 valence electrons. The van der Waals surface area contributed by atoms with E-state index in [0.717, 1.165) is 6.42 Å².